The lowest BCUT2D eigenvalue weighted by molar-refractivity contribution is -0.136. The number of aliphatic carboxylic acids is 1. The predicted octanol–water partition coefficient (Wildman–Crippen LogP) is 0.290. The summed E-state index contributed by atoms with van der Waals surface area (Å²) in [5.41, 5.74) is 0.658. The number of carboxylic acids is 1. The Morgan fingerprint density at radius 2 is 2.58 bits per heavy atom. The molecular formula is C7H7N3O2. The van der Waals surface area contributed by atoms with Crippen LogP contribution in [-0.4, -0.2) is 25.4 Å². The van der Waals surface area contributed by atoms with Crippen molar-refractivity contribution in [2.24, 2.45) is 0 Å². The Labute approximate surface area is 67.7 Å². The predicted molar refractivity (Wildman–Crippen MR) is 40.9 cm³/mol. The lowest BCUT2D eigenvalue weighted by Crippen LogP contribution is -1.99. The molecule has 2 heterocycles. The van der Waals surface area contributed by atoms with Gasteiger partial charge in [-0.15, -0.1) is 0 Å². The second-order valence-electron chi connectivity index (χ2n) is 2.51. The molecule has 2 aromatic heterocycles. The summed E-state index contributed by atoms with van der Waals surface area (Å²) in [6.07, 6.45) is 5.13. The fourth-order valence-corrected chi connectivity index (χ4v) is 1.11. The lowest BCUT2D eigenvalue weighted by atomic mass is 10.3. The molecule has 12 heavy (non-hydrogen) atoms. The molecular weight excluding hydrogens is 158 g/mol. The molecule has 2 aromatic rings. The van der Waals surface area contributed by atoms with Crippen molar-refractivity contribution in [1.29, 1.82) is 0 Å². The van der Waals surface area contributed by atoms with E-state index in [1.165, 1.54) is 0 Å². The number of H-pyrrole nitrogens is 1. The minimum absolute atomic E-state index is 0.00333. The first-order valence-corrected chi connectivity index (χ1v) is 3.48. The van der Waals surface area contributed by atoms with E-state index in [-0.39, 0.29) is 6.42 Å². The average molecular weight is 165 g/mol. The Balaban J connectivity index is 2.38. The number of hydrogen-bond donors (Lipinski definition) is 2. The molecule has 0 radical (unpaired) electrons. The van der Waals surface area contributed by atoms with Gasteiger partial charge in [0.15, 0.2) is 0 Å². The van der Waals surface area contributed by atoms with Gasteiger partial charge < -0.3 is 10.1 Å². The van der Waals surface area contributed by atoms with Crippen LogP contribution < -0.4 is 0 Å². The maximum absolute atomic E-state index is 10.3. The van der Waals surface area contributed by atoms with Crippen molar-refractivity contribution in [3.63, 3.8) is 0 Å². The van der Waals surface area contributed by atoms with Gasteiger partial charge in [0.25, 0.3) is 0 Å². The molecule has 0 bridgehead atoms. The number of hydrogen-bond acceptors (Lipinski definition) is 2. The number of fused-ring (bicyclic) bond motifs is 1. The van der Waals surface area contributed by atoms with E-state index in [1.54, 1.807) is 23.0 Å². The third-order valence-corrected chi connectivity index (χ3v) is 1.58. The van der Waals surface area contributed by atoms with Crippen LogP contribution in [0.2, 0.25) is 0 Å². The Hall–Kier alpha value is -1.78. The number of carboxylic acid groups (broad SMARTS) is 1. The van der Waals surface area contributed by atoms with E-state index >= 15 is 0 Å². The zero-order valence-corrected chi connectivity index (χ0v) is 6.19. The van der Waals surface area contributed by atoms with Crippen molar-refractivity contribution in [2.45, 2.75) is 6.42 Å². The number of rotatable bonds is 2. The smallest absolute Gasteiger partial charge is 0.309 e. The van der Waals surface area contributed by atoms with E-state index in [9.17, 15) is 4.79 Å². The molecule has 0 spiro atoms. The van der Waals surface area contributed by atoms with Crippen LogP contribution in [0.1, 0.15) is 5.69 Å². The van der Waals surface area contributed by atoms with Gasteiger partial charge in [0.05, 0.1) is 6.42 Å². The van der Waals surface area contributed by atoms with Gasteiger partial charge in [-0.05, 0) is 0 Å². The van der Waals surface area contributed by atoms with Crippen LogP contribution in [0.25, 0.3) is 5.78 Å². The summed E-state index contributed by atoms with van der Waals surface area (Å²) in [7, 11) is 0. The van der Waals surface area contributed by atoms with Crippen LogP contribution in [0.5, 0.6) is 0 Å². The lowest BCUT2D eigenvalue weighted by Gasteiger charge is -1.86. The number of aromatic nitrogens is 3. The maximum Gasteiger partial charge on any atom is 0.309 e. The van der Waals surface area contributed by atoms with Gasteiger partial charge in [-0.1, -0.05) is 0 Å². The average Bonchev–Trinajstić information content (AvgIpc) is 2.43. The molecule has 2 N–H and O–H groups in total. The zero-order valence-electron chi connectivity index (χ0n) is 6.19. The molecule has 0 fully saturated rings. The zero-order chi connectivity index (χ0) is 8.55. The summed E-state index contributed by atoms with van der Waals surface area (Å²) in [6.45, 7) is 0. The quantitative estimate of drug-likeness (QED) is 0.671. The van der Waals surface area contributed by atoms with E-state index < -0.39 is 5.97 Å². The normalized spacial score (nSPS) is 10.7. The fourth-order valence-electron chi connectivity index (χ4n) is 1.11. The molecule has 5 heteroatoms. The van der Waals surface area contributed by atoms with Crippen molar-refractivity contribution in [3.8, 4) is 0 Å². The molecule has 5 nitrogen and oxygen atoms in total. The highest BCUT2D eigenvalue weighted by Gasteiger charge is 2.04. The molecule has 0 atom stereocenters. The minimum Gasteiger partial charge on any atom is -0.481 e. The Bertz CT molecular complexity index is 386. The van der Waals surface area contributed by atoms with E-state index in [0.717, 1.165) is 0 Å². The van der Waals surface area contributed by atoms with Crippen molar-refractivity contribution in [2.75, 3.05) is 0 Å². The summed E-state index contributed by atoms with van der Waals surface area (Å²) in [4.78, 5) is 17.2. The van der Waals surface area contributed by atoms with Gasteiger partial charge >= 0.3 is 5.97 Å². The first kappa shape index (κ1) is 6.90. The van der Waals surface area contributed by atoms with Gasteiger partial charge in [-0.25, -0.2) is 4.98 Å². The highest BCUT2D eigenvalue weighted by molar-refractivity contribution is 5.69. The van der Waals surface area contributed by atoms with Crippen molar-refractivity contribution < 1.29 is 9.90 Å². The molecule has 0 unspecified atom stereocenters. The van der Waals surface area contributed by atoms with Crippen molar-refractivity contribution in [3.05, 3.63) is 24.3 Å². The Morgan fingerprint density at radius 1 is 1.75 bits per heavy atom. The van der Waals surface area contributed by atoms with Gasteiger partial charge in [0, 0.05) is 24.3 Å². The first-order valence-electron chi connectivity index (χ1n) is 3.48. The molecule has 0 aromatic carbocycles. The number of nitrogens with one attached hydrogen (secondary N) is 1. The monoisotopic (exact) mass is 165 g/mol. The van der Waals surface area contributed by atoms with Crippen LogP contribution in [0.3, 0.4) is 0 Å². The number of carbonyl (C=O) groups is 1. The summed E-state index contributed by atoms with van der Waals surface area (Å²) in [5.74, 6) is -0.175. The van der Waals surface area contributed by atoms with Crippen LogP contribution in [0.15, 0.2) is 18.6 Å². The Morgan fingerprint density at radius 3 is 3.25 bits per heavy atom. The van der Waals surface area contributed by atoms with Gasteiger partial charge in [-0.2, -0.15) is 0 Å². The molecule has 0 saturated carbocycles. The van der Waals surface area contributed by atoms with E-state index in [1.807, 2.05) is 0 Å². The molecule has 0 aliphatic rings. The highest BCUT2D eigenvalue weighted by atomic mass is 16.4. The topological polar surface area (TPSA) is 70.4 Å². The largest absolute Gasteiger partial charge is 0.481 e. The third-order valence-electron chi connectivity index (χ3n) is 1.58. The minimum atomic E-state index is -0.848. The van der Waals surface area contributed by atoms with Crippen LogP contribution >= 0.6 is 0 Å². The van der Waals surface area contributed by atoms with Crippen LogP contribution in [0.4, 0.5) is 0 Å². The van der Waals surface area contributed by atoms with E-state index in [4.69, 9.17) is 5.11 Å². The molecule has 62 valence electrons. The van der Waals surface area contributed by atoms with Gasteiger partial charge in [-0.3, -0.25) is 9.20 Å². The number of aromatic amines is 1. The molecule has 0 aliphatic heterocycles. The molecule has 2 rings (SSSR count). The van der Waals surface area contributed by atoms with Crippen LogP contribution in [-0.2, 0) is 11.2 Å². The van der Waals surface area contributed by atoms with Gasteiger partial charge in [0.1, 0.15) is 0 Å². The first-order chi connectivity index (χ1) is 5.75. The number of imidazole rings is 2. The van der Waals surface area contributed by atoms with Crippen molar-refractivity contribution in [1.82, 2.24) is 14.4 Å². The molecule has 0 aliphatic carbocycles. The maximum atomic E-state index is 10.3. The molecule has 0 saturated heterocycles. The standard InChI is InChI=1S/C7H7N3O2/c11-6(12)3-5-4-10-2-1-8-7(10)9-5/h1-2,4H,3H2,(H,8,9)(H,11,12). The summed E-state index contributed by atoms with van der Waals surface area (Å²) >= 11 is 0. The van der Waals surface area contributed by atoms with E-state index in [0.29, 0.717) is 11.5 Å². The second-order valence-corrected chi connectivity index (χ2v) is 2.51. The third kappa shape index (κ3) is 1.05. The van der Waals surface area contributed by atoms with Crippen LogP contribution in [0, 0.1) is 0 Å². The number of nitrogens with zero attached hydrogens (tertiary/aromatic N) is 2. The summed E-state index contributed by atoms with van der Waals surface area (Å²) in [6, 6.07) is 0. The Kier molecular flexibility index (Phi) is 1.36. The summed E-state index contributed by atoms with van der Waals surface area (Å²) in [5, 5.41) is 8.48. The van der Waals surface area contributed by atoms with Crippen molar-refractivity contribution >= 4 is 11.7 Å². The van der Waals surface area contributed by atoms with E-state index in [2.05, 4.69) is 9.97 Å². The SMILES string of the molecule is O=C(O)Cc1cn2ccnc2[nH]1. The summed E-state index contributed by atoms with van der Waals surface area (Å²) < 4.78 is 1.75. The second kappa shape index (κ2) is 2.37. The fraction of sp³-hybridized carbons (Fsp3) is 0.143. The highest BCUT2D eigenvalue weighted by Crippen LogP contribution is 2.02. The molecule has 0 amide bonds. The van der Waals surface area contributed by atoms with Gasteiger partial charge in [0.2, 0.25) is 5.78 Å².